The van der Waals surface area contributed by atoms with E-state index in [9.17, 15) is 4.79 Å². The molecule has 0 fully saturated rings. The van der Waals surface area contributed by atoms with E-state index in [4.69, 9.17) is 5.11 Å². The minimum Gasteiger partial charge on any atom is -0.395 e. The molecule has 0 aliphatic carbocycles. The van der Waals surface area contributed by atoms with Crippen LogP contribution in [0.3, 0.4) is 0 Å². The van der Waals surface area contributed by atoms with E-state index in [2.05, 4.69) is 18.3 Å². The molecule has 1 amide bonds. The predicted molar refractivity (Wildman–Crippen MR) is 71.7 cm³/mol. The van der Waals surface area contributed by atoms with E-state index >= 15 is 0 Å². The monoisotopic (exact) mass is 248 g/mol. The number of nitrogens with one attached hydrogen (secondary N) is 1. The van der Waals surface area contributed by atoms with Crippen LogP contribution in [-0.4, -0.2) is 30.7 Å². The first-order valence-electron chi connectivity index (χ1n) is 6.51. The van der Waals surface area contributed by atoms with Crippen LogP contribution >= 0.6 is 0 Å². The molecule has 1 heterocycles. The number of β-amino-alcohol motifs (C(OH)–C–C–N with tert-alkyl or cyclic N) is 1. The fourth-order valence-electron chi connectivity index (χ4n) is 2.44. The number of amides is 1. The van der Waals surface area contributed by atoms with Crippen LogP contribution in [0.1, 0.15) is 31.0 Å². The maximum Gasteiger partial charge on any atom is 0.248 e. The van der Waals surface area contributed by atoms with Crippen LogP contribution in [0.2, 0.25) is 0 Å². The highest BCUT2D eigenvalue weighted by atomic mass is 16.3. The topological polar surface area (TPSA) is 52.6 Å². The van der Waals surface area contributed by atoms with Gasteiger partial charge in [0, 0.05) is 17.8 Å². The lowest BCUT2D eigenvalue weighted by Gasteiger charge is -2.16. The summed E-state index contributed by atoms with van der Waals surface area (Å²) >= 11 is 0. The number of hydrogen-bond donors (Lipinski definition) is 2. The summed E-state index contributed by atoms with van der Waals surface area (Å²) in [5.74, 6) is 0.0363. The largest absolute Gasteiger partial charge is 0.395 e. The summed E-state index contributed by atoms with van der Waals surface area (Å²) in [6, 6.07) is 5.87. The Hall–Kier alpha value is -1.39. The normalized spacial score (nSPS) is 18.3. The molecule has 18 heavy (non-hydrogen) atoms. The molecular formula is C14H20N2O2. The highest BCUT2D eigenvalue weighted by Crippen LogP contribution is 2.36. The van der Waals surface area contributed by atoms with Gasteiger partial charge in [0.25, 0.3) is 0 Å². The second-order valence-corrected chi connectivity index (χ2v) is 4.45. The molecule has 0 radical (unpaired) electrons. The van der Waals surface area contributed by atoms with Gasteiger partial charge in [-0.2, -0.15) is 0 Å². The molecule has 1 aliphatic heterocycles. The van der Waals surface area contributed by atoms with Gasteiger partial charge in [0.05, 0.1) is 6.61 Å². The van der Waals surface area contributed by atoms with Gasteiger partial charge in [-0.3, -0.25) is 4.79 Å². The summed E-state index contributed by atoms with van der Waals surface area (Å²) in [4.78, 5) is 14.0. The average molecular weight is 248 g/mol. The van der Waals surface area contributed by atoms with E-state index in [0.717, 1.165) is 24.2 Å². The highest BCUT2D eigenvalue weighted by Gasteiger charge is 2.36. The fraction of sp³-hybridized carbons (Fsp3) is 0.500. The third-order valence-electron chi connectivity index (χ3n) is 3.35. The summed E-state index contributed by atoms with van der Waals surface area (Å²) in [6.45, 7) is 5.19. The van der Waals surface area contributed by atoms with Crippen molar-refractivity contribution in [3.63, 3.8) is 0 Å². The van der Waals surface area contributed by atoms with Crippen molar-refractivity contribution in [2.45, 2.75) is 26.3 Å². The van der Waals surface area contributed by atoms with E-state index in [0.29, 0.717) is 6.54 Å². The molecule has 1 unspecified atom stereocenters. The predicted octanol–water partition coefficient (Wildman–Crippen LogP) is 1.24. The summed E-state index contributed by atoms with van der Waals surface area (Å²) < 4.78 is 0. The molecular weight excluding hydrogens is 228 g/mol. The van der Waals surface area contributed by atoms with Gasteiger partial charge in [-0.25, -0.2) is 0 Å². The maximum absolute atomic E-state index is 12.3. The van der Waals surface area contributed by atoms with Gasteiger partial charge < -0.3 is 15.3 Å². The van der Waals surface area contributed by atoms with Crippen LogP contribution in [0.25, 0.3) is 0 Å². The Morgan fingerprint density at radius 2 is 2.17 bits per heavy atom. The van der Waals surface area contributed by atoms with Crippen LogP contribution in [0, 0.1) is 0 Å². The Balaban J connectivity index is 2.41. The van der Waals surface area contributed by atoms with Crippen molar-refractivity contribution in [3.05, 3.63) is 29.3 Å². The molecule has 0 saturated carbocycles. The molecule has 0 spiro atoms. The quantitative estimate of drug-likeness (QED) is 0.824. The minimum atomic E-state index is -0.261. The molecule has 2 rings (SSSR count). The number of likely N-dealkylation sites (N-methyl/N-ethyl adjacent to an activating group) is 1. The first-order valence-corrected chi connectivity index (χ1v) is 6.51. The molecule has 1 aliphatic rings. The van der Waals surface area contributed by atoms with E-state index in [1.807, 2.05) is 19.1 Å². The molecule has 4 nitrogen and oxygen atoms in total. The number of anilines is 1. The van der Waals surface area contributed by atoms with Crippen molar-refractivity contribution in [1.82, 2.24) is 5.32 Å². The van der Waals surface area contributed by atoms with Gasteiger partial charge in [-0.15, -0.1) is 0 Å². The van der Waals surface area contributed by atoms with Crippen LogP contribution in [0.5, 0.6) is 0 Å². The minimum absolute atomic E-state index is 0.0143. The highest BCUT2D eigenvalue weighted by molar-refractivity contribution is 6.04. The van der Waals surface area contributed by atoms with Crippen LogP contribution in [0.15, 0.2) is 18.2 Å². The molecule has 1 atom stereocenters. The first kappa shape index (κ1) is 13.1. The first-order chi connectivity index (χ1) is 8.72. The van der Waals surface area contributed by atoms with E-state index < -0.39 is 0 Å². The van der Waals surface area contributed by atoms with Gasteiger partial charge in [0.1, 0.15) is 6.04 Å². The number of benzene rings is 1. The number of fused-ring (bicyclic) bond motifs is 1. The zero-order valence-corrected chi connectivity index (χ0v) is 10.9. The molecule has 4 heteroatoms. The number of carbonyl (C=O) groups is 1. The van der Waals surface area contributed by atoms with Crippen LogP contribution < -0.4 is 10.2 Å². The number of hydrogen-bond acceptors (Lipinski definition) is 3. The number of aliphatic hydroxyl groups excluding tert-OH is 1. The third-order valence-corrected chi connectivity index (χ3v) is 3.35. The van der Waals surface area contributed by atoms with Gasteiger partial charge in [-0.05, 0) is 24.6 Å². The standard InChI is InChI=1S/C14H20N2O2/c1-3-10-5-6-12-11(9-10)13(15-4-2)14(18)16(12)7-8-17/h5-6,9,13,15,17H,3-4,7-8H2,1-2H3. The van der Waals surface area contributed by atoms with Crippen LogP contribution in [0.4, 0.5) is 5.69 Å². The maximum atomic E-state index is 12.3. The number of nitrogens with zero attached hydrogens (tertiary/aromatic N) is 1. The lowest BCUT2D eigenvalue weighted by molar-refractivity contribution is -0.120. The molecule has 0 bridgehead atoms. The number of rotatable bonds is 5. The Morgan fingerprint density at radius 3 is 2.78 bits per heavy atom. The zero-order chi connectivity index (χ0) is 13.1. The number of aryl methyl sites for hydroxylation is 1. The zero-order valence-electron chi connectivity index (χ0n) is 10.9. The molecule has 1 aromatic rings. The van der Waals surface area contributed by atoms with Gasteiger partial charge in [-0.1, -0.05) is 26.0 Å². The van der Waals surface area contributed by atoms with Gasteiger partial charge >= 0.3 is 0 Å². The van der Waals surface area contributed by atoms with Gasteiger partial charge in [0.2, 0.25) is 5.91 Å². The summed E-state index contributed by atoms with van der Waals surface area (Å²) in [7, 11) is 0. The van der Waals surface area contributed by atoms with E-state index in [1.165, 1.54) is 5.56 Å². The average Bonchev–Trinajstić information content (AvgIpc) is 2.64. The van der Waals surface area contributed by atoms with Crippen molar-refractivity contribution in [2.24, 2.45) is 0 Å². The van der Waals surface area contributed by atoms with E-state index in [1.54, 1.807) is 4.90 Å². The molecule has 0 aromatic heterocycles. The van der Waals surface area contributed by atoms with Crippen molar-refractivity contribution in [1.29, 1.82) is 0 Å². The number of aliphatic hydroxyl groups is 1. The third kappa shape index (κ3) is 2.13. The lowest BCUT2D eigenvalue weighted by Crippen LogP contribution is -2.36. The molecule has 98 valence electrons. The summed E-state index contributed by atoms with van der Waals surface area (Å²) in [5.41, 5.74) is 3.20. The van der Waals surface area contributed by atoms with Crippen molar-refractivity contribution < 1.29 is 9.90 Å². The second-order valence-electron chi connectivity index (χ2n) is 4.45. The Kier molecular flexibility index (Phi) is 3.99. The Bertz CT molecular complexity index is 445. The summed E-state index contributed by atoms with van der Waals surface area (Å²) in [6.07, 6.45) is 0.959. The van der Waals surface area contributed by atoms with Crippen molar-refractivity contribution in [3.8, 4) is 0 Å². The fourth-order valence-corrected chi connectivity index (χ4v) is 2.44. The smallest absolute Gasteiger partial charge is 0.248 e. The lowest BCUT2D eigenvalue weighted by atomic mass is 10.0. The SMILES string of the molecule is CCNC1C(=O)N(CCO)c2ccc(CC)cc21. The van der Waals surface area contributed by atoms with Gasteiger partial charge in [0.15, 0.2) is 0 Å². The summed E-state index contributed by atoms with van der Waals surface area (Å²) in [5, 5.41) is 12.3. The molecule has 2 N–H and O–H groups in total. The van der Waals surface area contributed by atoms with Crippen LogP contribution in [-0.2, 0) is 11.2 Å². The molecule has 0 saturated heterocycles. The second kappa shape index (κ2) is 5.50. The molecule has 1 aromatic carbocycles. The Labute approximate surface area is 108 Å². The van der Waals surface area contributed by atoms with Crippen molar-refractivity contribution in [2.75, 3.05) is 24.6 Å². The Morgan fingerprint density at radius 1 is 1.39 bits per heavy atom. The van der Waals surface area contributed by atoms with E-state index in [-0.39, 0.29) is 18.6 Å². The number of carbonyl (C=O) groups excluding carboxylic acids is 1. The van der Waals surface area contributed by atoms with Crippen molar-refractivity contribution >= 4 is 11.6 Å².